The zero-order chi connectivity index (χ0) is 19.7. The number of esters is 1. The van der Waals surface area contributed by atoms with Crippen molar-refractivity contribution < 1.29 is 14.3 Å². The van der Waals surface area contributed by atoms with Crippen LogP contribution in [0.2, 0.25) is 0 Å². The number of hydrogen-bond acceptors (Lipinski definition) is 4. The van der Waals surface area contributed by atoms with Crippen LogP contribution in [0.1, 0.15) is 63.2 Å². The molecule has 1 saturated heterocycles. The number of ether oxygens (including phenoxy) is 1. The number of carbonyl (C=O) groups excluding carboxylic acids is 2. The molecule has 1 aliphatic heterocycles. The summed E-state index contributed by atoms with van der Waals surface area (Å²) >= 11 is 0. The molecular weight excluding hydrogens is 340 g/mol. The fraction of sp³-hybridized carbons (Fsp3) is 0.636. The Kier molecular flexibility index (Phi) is 8.29. The maximum absolute atomic E-state index is 11.9. The van der Waals surface area contributed by atoms with Crippen molar-refractivity contribution in [1.82, 2.24) is 10.2 Å². The second kappa shape index (κ2) is 10.5. The molecule has 1 aromatic rings. The van der Waals surface area contributed by atoms with E-state index >= 15 is 0 Å². The third kappa shape index (κ3) is 7.71. The van der Waals surface area contributed by atoms with Gasteiger partial charge in [0.1, 0.15) is 5.60 Å². The summed E-state index contributed by atoms with van der Waals surface area (Å²) in [6, 6.07) is 9.45. The molecule has 1 amide bonds. The van der Waals surface area contributed by atoms with E-state index in [-0.39, 0.29) is 23.4 Å². The van der Waals surface area contributed by atoms with E-state index in [1.54, 1.807) is 0 Å². The van der Waals surface area contributed by atoms with Crippen LogP contribution in [0, 0.1) is 5.92 Å². The summed E-state index contributed by atoms with van der Waals surface area (Å²) < 4.78 is 5.34. The van der Waals surface area contributed by atoms with Crippen molar-refractivity contribution in [3.63, 3.8) is 0 Å². The van der Waals surface area contributed by atoms with Gasteiger partial charge in [-0.3, -0.25) is 9.59 Å². The van der Waals surface area contributed by atoms with E-state index in [0.29, 0.717) is 0 Å². The molecule has 0 radical (unpaired) electrons. The van der Waals surface area contributed by atoms with Crippen LogP contribution in [-0.4, -0.2) is 48.6 Å². The largest absolute Gasteiger partial charge is 0.460 e. The molecule has 27 heavy (non-hydrogen) atoms. The fourth-order valence-corrected chi connectivity index (χ4v) is 3.35. The first-order valence-corrected chi connectivity index (χ1v) is 10.1. The van der Waals surface area contributed by atoms with Gasteiger partial charge in [0.2, 0.25) is 0 Å². The Labute approximate surface area is 163 Å². The Morgan fingerprint density at radius 3 is 2.15 bits per heavy atom. The van der Waals surface area contributed by atoms with Crippen LogP contribution in [0.3, 0.4) is 0 Å². The number of benzene rings is 1. The second-order valence-electron chi connectivity index (χ2n) is 8.28. The molecule has 1 saturated carbocycles. The quantitative estimate of drug-likeness (QED) is 0.803. The topological polar surface area (TPSA) is 58.6 Å². The predicted octanol–water partition coefficient (Wildman–Crippen LogP) is 3.64. The van der Waals surface area contributed by atoms with E-state index in [9.17, 15) is 9.59 Å². The summed E-state index contributed by atoms with van der Waals surface area (Å²) in [4.78, 5) is 25.4. The molecule has 0 bridgehead atoms. The highest BCUT2D eigenvalue weighted by Gasteiger charge is 2.26. The monoisotopic (exact) mass is 374 g/mol. The highest BCUT2D eigenvalue weighted by molar-refractivity contribution is 5.94. The lowest BCUT2D eigenvalue weighted by molar-refractivity contribution is -0.161. The molecule has 5 heteroatoms. The zero-order valence-electron chi connectivity index (χ0n) is 17.0. The molecule has 1 N–H and O–H groups in total. The van der Waals surface area contributed by atoms with Gasteiger partial charge in [-0.15, -0.1) is 0 Å². The molecule has 0 spiro atoms. The van der Waals surface area contributed by atoms with Crippen LogP contribution >= 0.6 is 0 Å². The number of carbonyl (C=O) groups is 2. The average Bonchev–Trinajstić information content (AvgIpc) is 2.69. The first-order valence-electron chi connectivity index (χ1n) is 10.1. The molecule has 1 aliphatic carbocycles. The lowest BCUT2D eigenvalue weighted by atomic mass is 9.89. The van der Waals surface area contributed by atoms with Crippen LogP contribution < -0.4 is 5.32 Å². The Bertz CT molecular complexity index is 583. The zero-order valence-corrected chi connectivity index (χ0v) is 17.0. The number of rotatable bonds is 2. The Hall–Kier alpha value is -1.88. The third-order valence-corrected chi connectivity index (χ3v) is 4.77. The van der Waals surface area contributed by atoms with Crippen molar-refractivity contribution >= 4 is 11.9 Å². The first-order chi connectivity index (χ1) is 12.9. The summed E-state index contributed by atoms with van der Waals surface area (Å²) in [7, 11) is 0. The van der Waals surface area contributed by atoms with Gasteiger partial charge < -0.3 is 15.0 Å². The van der Waals surface area contributed by atoms with Gasteiger partial charge in [0.25, 0.3) is 5.91 Å². The van der Waals surface area contributed by atoms with Gasteiger partial charge in [-0.25, -0.2) is 0 Å². The molecule has 1 aromatic carbocycles. The van der Waals surface area contributed by atoms with Gasteiger partial charge in [-0.1, -0.05) is 37.5 Å². The SMILES string of the molecule is CC(C)(C)OC(=O)C1CCCCC1.O=C(c1ccccc1)N1CCNCC1. The van der Waals surface area contributed by atoms with Crippen molar-refractivity contribution in [1.29, 1.82) is 0 Å². The molecule has 1 heterocycles. The minimum absolute atomic E-state index is 0.00667. The number of hydrogen-bond donors (Lipinski definition) is 1. The summed E-state index contributed by atoms with van der Waals surface area (Å²) in [5.41, 5.74) is 0.462. The van der Waals surface area contributed by atoms with Crippen LogP contribution in [0.5, 0.6) is 0 Å². The molecule has 150 valence electrons. The molecule has 3 rings (SSSR count). The smallest absolute Gasteiger partial charge is 0.309 e. The van der Waals surface area contributed by atoms with E-state index in [0.717, 1.165) is 44.6 Å². The molecular formula is C22H34N2O3. The molecule has 0 atom stereocenters. The van der Waals surface area contributed by atoms with Crippen LogP contribution in [0.25, 0.3) is 0 Å². The average molecular weight is 375 g/mol. The first kappa shape index (κ1) is 21.4. The van der Waals surface area contributed by atoms with Gasteiger partial charge in [0, 0.05) is 31.7 Å². The third-order valence-electron chi connectivity index (χ3n) is 4.77. The molecule has 0 aromatic heterocycles. The number of amides is 1. The van der Waals surface area contributed by atoms with Crippen molar-refractivity contribution in [3.05, 3.63) is 35.9 Å². The van der Waals surface area contributed by atoms with E-state index in [1.807, 2.05) is 56.0 Å². The van der Waals surface area contributed by atoms with Crippen molar-refractivity contribution in [2.24, 2.45) is 5.92 Å². The van der Waals surface area contributed by atoms with Crippen LogP contribution in [-0.2, 0) is 9.53 Å². The predicted molar refractivity (Wildman–Crippen MR) is 108 cm³/mol. The minimum atomic E-state index is -0.325. The van der Waals surface area contributed by atoms with Gasteiger partial charge in [0.15, 0.2) is 0 Å². The number of nitrogens with zero attached hydrogens (tertiary/aromatic N) is 1. The van der Waals surface area contributed by atoms with E-state index < -0.39 is 0 Å². The maximum Gasteiger partial charge on any atom is 0.309 e. The lowest BCUT2D eigenvalue weighted by Crippen LogP contribution is -2.46. The Morgan fingerprint density at radius 1 is 1.00 bits per heavy atom. The summed E-state index contributed by atoms with van der Waals surface area (Å²) in [5.74, 6) is 0.326. The lowest BCUT2D eigenvalue weighted by Gasteiger charge is -2.27. The van der Waals surface area contributed by atoms with Crippen molar-refractivity contribution in [2.75, 3.05) is 26.2 Å². The summed E-state index contributed by atoms with van der Waals surface area (Å²) in [6.07, 6.45) is 5.69. The van der Waals surface area contributed by atoms with Gasteiger partial charge >= 0.3 is 5.97 Å². The van der Waals surface area contributed by atoms with Gasteiger partial charge in [-0.2, -0.15) is 0 Å². The van der Waals surface area contributed by atoms with Crippen molar-refractivity contribution in [3.8, 4) is 0 Å². The Balaban J connectivity index is 0.000000194. The summed E-state index contributed by atoms with van der Waals surface area (Å²) in [6.45, 7) is 9.20. The van der Waals surface area contributed by atoms with Gasteiger partial charge in [0.05, 0.1) is 5.92 Å². The molecule has 2 fully saturated rings. The van der Waals surface area contributed by atoms with E-state index in [2.05, 4.69) is 5.32 Å². The van der Waals surface area contributed by atoms with Gasteiger partial charge in [-0.05, 0) is 45.7 Å². The molecule has 5 nitrogen and oxygen atoms in total. The highest BCUT2D eigenvalue weighted by Crippen LogP contribution is 2.26. The second-order valence-corrected chi connectivity index (χ2v) is 8.28. The highest BCUT2D eigenvalue weighted by atomic mass is 16.6. The van der Waals surface area contributed by atoms with E-state index in [4.69, 9.17) is 4.74 Å². The van der Waals surface area contributed by atoms with Crippen LogP contribution in [0.4, 0.5) is 0 Å². The minimum Gasteiger partial charge on any atom is -0.460 e. The van der Waals surface area contributed by atoms with Crippen molar-refractivity contribution in [2.45, 2.75) is 58.5 Å². The number of nitrogens with one attached hydrogen (secondary N) is 1. The summed E-state index contributed by atoms with van der Waals surface area (Å²) in [5, 5.41) is 3.23. The maximum atomic E-state index is 11.9. The van der Waals surface area contributed by atoms with Crippen LogP contribution in [0.15, 0.2) is 30.3 Å². The Morgan fingerprint density at radius 2 is 1.59 bits per heavy atom. The fourth-order valence-electron chi connectivity index (χ4n) is 3.35. The number of piperazine rings is 1. The normalized spacial score (nSPS) is 18.3. The molecule has 2 aliphatic rings. The van der Waals surface area contributed by atoms with E-state index in [1.165, 1.54) is 19.3 Å². The molecule has 0 unspecified atom stereocenters. The standard InChI is InChI=1S/C11H14N2O.C11H20O2/c14-11(10-4-2-1-3-5-10)13-8-6-12-7-9-13;1-11(2,3)13-10(12)9-7-5-4-6-8-9/h1-5,12H,6-9H2;9H,4-8H2,1-3H3.